The zero-order valence-electron chi connectivity index (χ0n) is 32.7. The van der Waals surface area contributed by atoms with E-state index in [4.69, 9.17) is 19.3 Å². The standard InChI is InChI=1S/C43H73O8P/c1-3-5-7-9-11-13-15-17-19-20-21-22-24-25-27-29-31-33-35-37-42(44)49-39-41(40-50-52(46,47)48)51-43(45)38-36-34-32-30-28-26-23-18-16-14-12-10-8-6-4-2/h11,13-14,16-17,19,21-22,25,27,31,33,41H,3-10,12,15,18,20,23-24,26,28-30,32,34-40H2,1-2H3,(H2,46,47,48)/b13-11+,16-14+,19-17+,22-21+,27-25+,33-31+/t41-/m1/s1. The van der Waals surface area contributed by atoms with E-state index in [0.717, 1.165) is 51.4 Å². The van der Waals surface area contributed by atoms with Gasteiger partial charge in [-0.1, -0.05) is 151 Å². The molecule has 0 unspecified atom stereocenters. The molecule has 0 bridgehead atoms. The summed E-state index contributed by atoms with van der Waals surface area (Å²) in [6, 6.07) is 0. The van der Waals surface area contributed by atoms with Crippen LogP contribution < -0.4 is 0 Å². The van der Waals surface area contributed by atoms with Crippen molar-refractivity contribution in [3.63, 3.8) is 0 Å². The predicted molar refractivity (Wildman–Crippen MR) is 216 cm³/mol. The topological polar surface area (TPSA) is 119 Å². The van der Waals surface area contributed by atoms with Crippen molar-refractivity contribution >= 4 is 19.8 Å². The van der Waals surface area contributed by atoms with Crippen molar-refractivity contribution < 1.29 is 37.9 Å². The first kappa shape index (κ1) is 49.5. The van der Waals surface area contributed by atoms with E-state index in [1.54, 1.807) is 0 Å². The van der Waals surface area contributed by atoms with Crippen LogP contribution in [0.15, 0.2) is 72.9 Å². The number of phosphoric acid groups is 1. The van der Waals surface area contributed by atoms with Crippen LogP contribution in [0.25, 0.3) is 0 Å². The highest BCUT2D eigenvalue weighted by atomic mass is 31.2. The highest BCUT2D eigenvalue weighted by molar-refractivity contribution is 7.46. The molecule has 0 aromatic carbocycles. The molecule has 0 aromatic rings. The summed E-state index contributed by atoms with van der Waals surface area (Å²) in [6.07, 6.45) is 49.2. The number of rotatable bonds is 36. The van der Waals surface area contributed by atoms with Gasteiger partial charge in [-0.3, -0.25) is 14.1 Å². The summed E-state index contributed by atoms with van der Waals surface area (Å²) < 4.78 is 26.3. The lowest BCUT2D eigenvalue weighted by Crippen LogP contribution is -2.29. The van der Waals surface area contributed by atoms with Crippen LogP contribution in [0.4, 0.5) is 0 Å². The molecule has 0 aliphatic rings. The van der Waals surface area contributed by atoms with E-state index < -0.39 is 32.5 Å². The number of allylic oxidation sites excluding steroid dienone is 12. The molecule has 0 amide bonds. The van der Waals surface area contributed by atoms with Crippen molar-refractivity contribution in [2.45, 2.75) is 174 Å². The lowest BCUT2D eigenvalue weighted by Gasteiger charge is -2.18. The maximum absolute atomic E-state index is 12.4. The molecule has 0 saturated heterocycles. The second-order valence-corrected chi connectivity index (χ2v) is 14.5. The highest BCUT2D eigenvalue weighted by Gasteiger charge is 2.22. The minimum Gasteiger partial charge on any atom is -0.462 e. The van der Waals surface area contributed by atoms with E-state index in [1.165, 1.54) is 77.0 Å². The average molecular weight is 749 g/mol. The number of hydrogen-bond acceptors (Lipinski definition) is 6. The smallest absolute Gasteiger partial charge is 0.462 e. The first-order chi connectivity index (χ1) is 25.3. The van der Waals surface area contributed by atoms with Gasteiger partial charge in [0.05, 0.1) is 6.61 Å². The summed E-state index contributed by atoms with van der Waals surface area (Å²) >= 11 is 0. The molecule has 298 valence electrons. The van der Waals surface area contributed by atoms with Crippen LogP contribution in [0, 0.1) is 0 Å². The van der Waals surface area contributed by atoms with Gasteiger partial charge in [-0.15, -0.1) is 0 Å². The van der Waals surface area contributed by atoms with Gasteiger partial charge >= 0.3 is 19.8 Å². The van der Waals surface area contributed by atoms with Crippen molar-refractivity contribution in [3.8, 4) is 0 Å². The van der Waals surface area contributed by atoms with Gasteiger partial charge in [0.25, 0.3) is 0 Å². The Morgan fingerprint density at radius 1 is 0.500 bits per heavy atom. The molecular formula is C43H73O8P. The van der Waals surface area contributed by atoms with Crippen molar-refractivity contribution in [1.82, 2.24) is 0 Å². The maximum atomic E-state index is 12.4. The van der Waals surface area contributed by atoms with Crippen LogP contribution in [0.1, 0.15) is 168 Å². The Hall–Kier alpha value is -2.51. The third kappa shape index (κ3) is 40.3. The third-order valence-corrected chi connectivity index (χ3v) is 8.70. The minimum atomic E-state index is -4.77. The van der Waals surface area contributed by atoms with Crippen LogP contribution >= 0.6 is 7.82 Å². The Kier molecular flexibility index (Phi) is 36.4. The summed E-state index contributed by atoms with van der Waals surface area (Å²) in [5.74, 6) is -0.991. The molecule has 0 aliphatic carbocycles. The van der Waals surface area contributed by atoms with E-state index in [-0.39, 0.29) is 19.4 Å². The Labute approximate surface area is 317 Å². The van der Waals surface area contributed by atoms with Crippen LogP contribution in [-0.4, -0.2) is 41.0 Å². The number of phosphoric ester groups is 1. The van der Waals surface area contributed by atoms with Crippen molar-refractivity contribution in [1.29, 1.82) is 0 Å². The first-order valence-electron chi connectivity index (χ1n) is 20.2. The first-order valence-corrected chi connectivity index (χ1v) is 21.8. The number of ether oxygens (including phenoxy) is 2. The fraction of sp³-hybridized carbons (Fsp3) is 0.674. The third-order valence-electron chi connectivity index (χ3n) is 8.21. The second kappa shape index (κ2) is 38.2. The number of hydrogen-bond donors (Lipinski definition) is 2. The lowest BCUT2D eigenvalue weighted by molar-refractivity contribution is -0.161. The van der Waals surface area contributed by atoms with Crippen LogP contribution in [0.5, 0.6) is 0 Å². The predicted octanol–water partition coefficient (Wildman–Crippen LogP) is 12.3. The molecule has 52 heavy (non-hydrogen) atoms. The summed E-state index contributed by atoms with van der Waals surface area (Å²) in [5, 5.41) is 0. The van der Waals surface area contributed by atoms with Gasteiger partial charge in [0.1, 0.15) is 6.61 Å². The molecule has 1 atom stereocenters. The normalized spacial score (nSPS) is 13.2. The Bertz CT molecular complexity index is 1070. The Morgan fingerprint density at radius 2 is 0.904 bits per heavy atom. The minimum absolute atomic E-state index is 0.140. The quantitative estimate of drug-likeness (QED) is 0.0281. The van der Waals surface area contributed by atoms with Gasteiger partial charge in [-0.05, 0) is 77.0 Å². The van der Waals surface area contributed by atoms with E-state index >= 15 is 0 Å². The molecule has 0 aromatic heterocycles. The van der Waals surface area contributed by atoms with E-state index in [2.05, 4.69) is 79.1 Å². The number of esters is 2. The van der Waals surface area contributed by atoms with E-state index in [0.29, 0.717) is 12.8 Å². The van der Waals surface area contributed by atoms with Crippen LogP contribution in [0.2, 0.25) is 0 Å². The summed E-state index contributed by atoms with van der Waals surface area (Å²) in [6.45, 7) is 3.56. The van der Waals surface area contributed by atoms with Gasteiger partial charge in [-0.25, -0.2) is 4.57 Å². The second-order valence-electron chi connectivity index (χ2n) is 13.2. The molecule has 0 heterocycles. The largest absolute Gasteiger partial charge is 0.469 e. The van der Waals surface area contributed by atoms with Gasteiger partial charge in [-0.2, -0.15) is 0 Å². The van der Waals surface area contributed by atoms with Crippen molar-refractivity contribution in [2.75, 3.05) is 13.2 Å². The molecule has 0 fully saturated rings. The molecular weight excluding hydrogens is 675 g/mol. The fourth-order valence-electron chi connectivity index (χ4n) is 5.17. The zero-order chi connectivity index (χ0) is 38.2. The number of unbranched alkanes of at least 4 members (excludes halogenated alkanes) is 14. The fourth-order valence-corrected chi connectivity index (χ4v) is 5.53. The number of carbonyl (C=O) groups is 2. The van der Waals surface area contributed by atoms with Gasteiger partial charge in [0, 0.05) is 12.8 Å². The van der Waals surface area contributed by atoms with Crippen molar-refractivity contribution in [3.05, 3.63) is 72.9 Å². The van der Waals surface area contributed by atoms with Gasteiger partial charge in [0.15, 0.2) is 6.10 Å². The Balaban J connectivity index is 4.09. The molecule has 9 heteroatoms. The number of carbonyl (C=O) groups excluding carboxylic acids is 2. The SMILES string of the molecule is CCCCC/C=C/C/C=C/C/C=C/C/C=C/C/C=C/CCC(=O)OC[C@H](COP(=O)(O)O)OC(=O)CCCCCCCCC/C=C/CCCCCC. The monoisotopic (exact) mass is 749 g/mol. The van der Waals surface area contributed by atoms with Gasteiger partial charge in [0.2, 0.25) is 0 Å². The zero-order valence-corrected chi connectivity index (χ0v) is 33.6. The highest BCUT2D eigenvalue weighted by Crippen LogP contribution is 2.36. The summed E-state index contributed by atoms with van der Waals surface area (Å²) in [5.41, 5.74) is 0. The average Bonchev–Trinajstić information content (AvgIpc) is 3.11. The summed E-state index contributed by atoms with van der Waals surface area (Å²) in [4.78, 5) is 42.7. The van der Waals surface area contributed by atoms with Crippen molar-refractivity contribution in [2.24, 2.45) is 0 Å². The van der Waals surface area contributed by atoms with E-state index in [1.807, 2.05) is 12.2 Å². The maximum Gasteiger partial charge on any atom is 0.469 e. The molecule has 0 radical (unpaired) electrons. The molecule has 0 saturated carbocycles. The molecule has 2 N–H and O–H groups in total. The molecule has 8 nitrogen and oxygen atoms in total. The molecule has 0 aliphatic heterocycles. The van der Waals surface area contributed by atoms with E-state index in [9.17, 15) is 14.2 Å². The lowest BCUT2D eigenvalue weighted by atomic mass is 10.1. The van der Waals surface area contributed by atoms with Crippen LogP contribution in [-0.2, 0) is 28.2 Å². The summed E-state index contributed by atoms with van der Waals surface area (Å²) in [7, 11) is -4.77. The molecule has 0 spiro atoms. The van der Waals surface area contributed by atoms with Gasteiger partial charge < -0.3 is 19.3 Å². The van der Waals surface area contributed by atoms with Crippen LogP contribution in [0.3, 0.4) is 0 Å². The molecule has 0 rings (SSSR count). The Morgan fingerprint density at radius 3 is 1.42 bits per heavy atom.